The lowest BCUT2D eigenvalue weighted by Gasteiger charge is -2.02. The van der Waals surface area contributed by atoms with Crippen LogP contribution in [0.2, 0.25) is 10.0 Å². The van der Waals surface area contributed by atoms with Crippen molar-refractivity contribution in [1.82, 2.24) is 0 Å². The van der Waals surface area contributed by atoms with E-state index in [1.165, 1.54) is 0 Å². The normalized spacial score (nSPS) is 9.75. The highest BCUT2D eigenvalue weighted by Gasteiger charge is 2.08. The maximum Gasteiger partial charge on any atom is 0.488 e. The van der Waals surface area contributed by atoms with E-state index in [0.29, 0.717) is 10.5 Å². The summed E-state index contributed by atoms with van der Waals surface area (Å²) in [4.78, 5) is 21.9. The molecular formula is C28H24BCl2IO4. The van der Waals surface area contributed by atoms with Gasteiger partial charge in [0.2, 0.25) is 0 Å². The SMILES string of the molecule is CC(=O)c1ccc(-c2ccc(Cl)cc2)cc1.CC(=O)c1ccc(I)cc1.OB(O)c1ccc(Cl)cc1. The van der Waals surface area contributed by atoms with Gasteiger partial charge >= 0.3 is 7.12 Å². The minimum Gasteiger partial charge on any atom is -0.423 e. The van der Waals surface area contributed by atoms with Crippen molar-refractivity contribution in [2.24, 2.45) is 0 Å². The number of ketones is 2. The molecule has 0 aliphatic carbocycles. The molecule has 0 heterocycles. The molecule has 0 aliphatic rings. The molecule has 0 unspecified atom stereocenters. The van der Waals surface area contributed by atoms with Gasteiger partial charge in [0, 0.05) is 24.7 Å². The zero-order chi connectivity index (χ0) is 26.7. The Morgan fingerprint density at radius 2 is 0.944 bits per heavy atom. The Bertz CT molecular complexity index is 1260. The fourth-order valence-corrected chi connectivity index (χ4v) is 3.47. The van der Waals surface area contributed by atoms with Gasteiger partial charge in [-0.05, 0) is 89.4 Å². The van der Waals surface area contributed by atoms with Crippen molar-refractivity contribution in [3.05, 3.63) is 122 Å². The topological polar surface area (TPSA) is 74.6 Å². The molecule has 184 valence electrons. The first-order valence-corrected chi connectivity index (χ1v) is 12.7. The average Bonchev–Trinajstić information content (AvgIpc) is 2.86. The summed E-state index contributed by atoms with van der Waals surface area (Å²) in [6.07, 6.45) is 0. The lowest BCUT2D eigenvalue weighted by atomic mass is 9.81. The Balaban J connectivity index is 0.000000200. The largest absolute Gasteiger partial charge is 0.488 e. The monoisotopic (exact) mass is 632 g/mol. The fraction of sp³-hybridized carbons (Fsp3) is 0.0714. The summed E-state index contributed by atoms with van der Waals surface area (Å²) in [5, 5.41) is 18.6. The smallest absolute Gasteiger partial charge is 0.423 e. The van der Waals surface area contributed by atoms with E-state index in [4.69, 9.17) is 33.2 Å². The van der Waals surface area contributed by atoms with Crippen LogP contribution in [0.25, 0.3) is 11.1 Å². The van der Waals surface area contributed by atoms with Crippen molar-refractivity contribution in [2.45, 2.75) is 13.8 Å². The summed E-state index contributed by atoms with van der Waals surface area (Å²) in [6.45, 7) is 3.14. The zero-order valence-electron chi connectivity index (χ0n) is 19.7. The third kappa shape index (κ3) is 10.2. The van der Waals surface area contributed by atoms with Crippen LogP contribution in [0.15, 0.2) is 97.1 Å². The second-order valence-electron chi connectivity index (χ2n) is 7.63. The van der Waals surface area contributed by atoms with Gasteiger partial charge in [0.25, 0.3) is 0 Å². The van der Waals surface area contributed by atoms with Gasteiger partial charge in [-0.25, -0.2) is 0 Å². The molecule has 0 spiro atoms. The summed E-state index contributed by atoms with van der Waals surface area (Å²) >= 11 is 13.6. The minimum absolute atomic E-state index is 0.0858. The predicted molar refractivity (Wildman–Crippen MR) is 157 cm³/mol. The highest BCUT2D eigenvalue weighted by molar-refractivity contribution is 14.1. The minimum atomic E-state index is -1.41. The lowest BCUT2D eigenvalue weighted by Crippen LogP contribution is -2.29. The molecule has 0 saturated heterocycles. The van der Waals surface area contributed by atoms with Crippen LogP contribution in [-0.4, -0.2) is 28.7 Å². The molecule has 0 bridgehead atoms. The van der Waals surface area contributed by atoms with Crippen LogP contribution in [0.5, 0.6) is 0 Å². The molecule has 2 N–H and O–H groups in total. The van der Waals surface area contributed by atoms with Crippen molar-refractivity contribution in [1.29, 1.82) is 0 Å². The molecule has 4 rings (SSSR count). The summed E-state index contributed by atoms with van der Waals surface area (Å²) in [5.41, 5.74) is 4.14. The highest BCUT2D eigenvalue weighted by atomic mass is 127. The summed E-state index contributed by atoms with van der Waals surface area (Å²) < 4.78 is 1.16. The van der Waals surface area contributed by atoms with E-state index in [1.807, 2.05) is 72.8 Å². The average molecular weight is 633 g/mol. The number of hydrogen-bond donors (Lipinski definition) is 2. The molecule has 0 aromatic heterocycles. The van der Waals surface area contributed by atoms with E-state index >= 15 is 0 Å². The van der Waals surface area contributed by atoms with Crippen molar-refractivity contribution in [2.75, 3.05) is 0 Å². The molecule has 4 nitrogen and oxygen atoms in total. The fourth-order valence-electron chi connectivity index (χ4n) is 2.86. The first kappa shape index (κ1) is 29.7. The lowest BCUT2D eigenvalue weighted by molar-refractivity contribution is 0.100. The number of carbonyl (C=O) groups excluding carboxylic acids is 2. The summed E-state index contributed by atoms with van der Waals surface area (Å²) in [5.74, 6) is 0.207. The van der Waals surface area contributed by atoms with Gasteiger partial charge in [0.15, 0.2) is 11.6 Å². The molecule has 0 amide bonds. The number of carbonyl (C=O) groups is 2. The Hall–Kier alpha value is -2.49. The van der Waals surface area contributed by atoms with Crippen molar-refractivity contribution in [3.63, 3.8) is 0 Å². The first-order valence-electron chi connectivity index (χ1n) is 10.8. The van der Waals surface area contributed by atoms with Gasteiger partial charge < -0.3 is 10.0 Å². The van der Waals surface area contributed by atoms with E-state index in [2.05, 4.69) is 22.6 Å². The molecule has 4 aromatic rings. The number of hydrogen-bond acceptors (Lipinski definition) is 4. The second kappa shape index (κ2) is 14.9. The van der Waals surface area contributed by atoms with Crippen molar-refractivity contribution >= 4 is 69.9 Å². The van der Waals surface area contributed by atoms with Gasteiger partial charge in [-0.15, -0.1) is 0 Å². The quantitative estimate of drug-likeness (QED) is 0.149. The molecule has 36 heavy (non-hydrogen) atoms. The Labute approximate surface area is 235 Å². The summed E-state index contributed by atoms with van der Waals surface area (Å²) in [6, 6.07) is 29.1. The van der Waals surface area contributed by atoms with Crippen LogP contribution in [-0.2, 0) is 0 Å². The molecule has 4 aromatic carbocycles. The molecule has 0 saturated carbocycles. The third-order valence-corrected chi connectivity index (χ3v) is 6.11. The number of halogens is 3. The van der Waals surface area contributed by atoms with Gasteiger partial charge in [0.05, 0.1) is 0 Å². The summed E-state index contributed by atoms with van der Waals surface area (Å²) in [7, 11) is -1.41. The van der Waals surface area contributed by atoms with Crippen molar-refractivity contribution in [3.8, 4) is 11.1 Å². The maximum atomic E-state index is 11.1. The van der Waals surface area contributed by atoms with Crippen LogP contribution >= 0.6 is 45.8 Å². The molecule has 0 atom stereocenters. The van der Waals surface area contributed by atoms with E-state index in [0.717, 1.165) is 30.8 Å². The van der Waals surface area contributed by atoms with E-state index in [9.17, 15) is 9.59 Å². The third-order valence-electron chi connectivity index (χ3n) is 4.89. The van der Waals surface area contributed by atoms with E-state index < -0.39 is 7.12 Å². The maximum absolute atomic E-state index is 11.1. The van der Waals surface area contributed by atoms with Crippen LogP contribution < -0.4 is 5.46 Å². The highest BCUT2D eigenvalue weighted by Crippen LogP contribution is 2.22. The Morgan fingerprint density at radius 1 is 0.611 bits per heavy atom. The van der Waals surface area contributed by atoms with E-state index in [1.54, 1.807) is 38.1 Å². The van der Waals surface area contributed by atoms with Crippen molar-refractivity contribution < 1.29 is 19.6 Å². The molecule has 0 aliphatic heterocycles. The first-order chi connectivity index (χ1) is 17.1. The van der Waals surface area contributed by atoms with Gasteiger partial charge in [-0.1, -0.05) is 83.9 Å². The van der Waals surface area contributed by atoms with Crippen LogP contribution in [0.3, 0.4) is 0 Å². The number of Topliss-reactive ketones (excluding diaryl/α,β-unsaturated/α-hetero) is 2. The Kier molecular flexibility index (Phi) is 12.3. The standard InChI is InChI=1S/C14H11ClO.C8H7IO.C6H6BClO2/c1-10(16)11-2-4-12(5-3-11)13-6-8-14(15)9-7-13;1-6(10)7-2-4-8(9)5-3-7;8-6-3-1-5(2-4-6)7(9)10/h2-9H,1H3;2-5H,1H3;1-4,9-10H. The predicted octanol–water partition coefficient (Wildman–Crippen LogP) is 6.72. The molecule has 8 heteroatoms. The van der Waals surface area contributed by atoms with Gasteiger partial charge in [-0.2, -0.15) is 0 Å². The molecular weight excluding hydrogens is 609 g/mol. The van der Waals surface area contributed by atoms with E-state index in [-0.39, 0.29) is 11.6 Å². The zero-order valence-corrected chi connectivity index (χ0v) is 23.3. The Morgan fingerprint density at radius 3 is 1.31 bits per heavy atom. The van der Waals surface area contributed by atoms with Crippen LogP contribution in [0.1, 0.15) is 34.6 Å². The van der Waals surface area contributed by atoms with Crippen LogP contribution in [0.4, 0.5) is 0 Å². The number of rotatable bonds is 4. The molecule has 0 fully saturated rings. The van der Waals surface area contributed by atoms with Gasteiger partial charge in [0.1, 0.15) is 0 Å². The van der Waals surface area contributed by atoms with Crippen LogP contribution in [0, 0.1) is 3.57 Å². The number of benzene rings is 4. The second-order valence-corrected chi connectivity index (χ2v) is 9.75. The van der Waals surface area contributed by atoms with Gasteiger partial charge in [-0.3, -0.25) is 9.59 Å². The molecule has 0 radical (unpaired) electrons.